The van der Waals surface area contributed by atoms with Gasteiger partial charge in [0.1, 0.15) is 16.9 Å². The van der Waals surface area contributed by atoms with E-state index in [2.05, 4.69) is 10.6 Å². The van der Waals surface area contributed by atoms with Gasteiger partial charge in [-0.05, 0) is 49.0 Å². The molecule has 2 aromatic carbocycles. The van der Waals surface area contributed by atoms with Gasteiger partial charge in [0.15, 0.2) is 15.5 Å². The molecule has 0 radical (unpaired) electrons. The minimum atomic E-state index is -0.413. The van der Waals surface area contributed by atoms with Crippen molar-refractivity contribution in [2.24, 2.45) is 0 Å². The van der Waals surface area contributed by atoms with E-state index < -0.39 is 6.17 Å². The molecule has 4 rings (SSSR count). The second kappa shape index (κ2) is 7.65. The van der Waals surface area contributed by atoms with Crippen molar-refractivity contribution in [3.8, 4) is 17.2 Å². The average molecular weight is 414 g/mol. The summed E-state index contributed by atoms with van der Waals surface area (Å²) in [6.45, 7) is 2.44. The van der Waals surface area contributed by atoms with Crippen molar-refractivity contribution in [2.75, 3.05) is 19.0 Å². The summed E-state index contributed by atoms with van der Waals surface area (Å²) in [6, 6.07) is 15.4. The Kier molecular flexibility index (Phi) is 5.06. The Morgan fingerprint density at radius 2 is 1.93 bits per heavy atom. The largest absolute Gasteiger partial charge is 0.493 e. The summed E-state index contributed by atoms with van der Waals surface area (Å²) in [4.78, 5) is 13.3. The Bertz CT molecular complexity index is 1080. The van der Waals surface area contributed by atoms with E-state index in [1.54, 1.807) is 7.11 Å². The van der Waals surface area contributed by atoms with Crippen LogP contribution in [0.5, 0.6) is 11.5 Å². The fourth-order valence-electron chi connectivity index (χ4n) is 3.15. The second-order valence-electron chi connectivity index (χ2n) is 6.11. The average Bonchev–Trinajstić information content (AvgIpc) is 3.05. The molecule has 3 aromatic rings. The molecule has 1 aliphatic heterocycles. The van der Waals surface area contributed by atoms with E-state index in [1.165, 1.54) is 11.3 Å². The Hall–Kier alpha value is -2.84. The molecule has 2 heterocycles. The van der Waals surface area contributed by atoms with Crippen LogP contribution < -0.4 is 20.1 Å². The number of nitrogens with zero attached hydrogens (tertiary/aromatic N) is 1. The van der Waals surface area contributed by atoms with Gasteiger partial charge in [0.2, 0.25) is 0 Å². The van der Waals surface area contributed by atoms with Gasteiger partial charge >= 0.3 is 0 Å². The number of carbonyl (C=O) groups is 1. The van der Waals surface area contributed by atoms with Gasteiger partial charge in [-0.3, -0.25) is 9.36 Å². The number of nitrogens with one attached hydrogen (secondary N) is 2. The third kappa shape index (κ3) is 3.25. The molecule has 0 saturated heterocycles. The highest BCUT2D eigenvalue weighted by molar-refractivity contribution is 7.73. The van der Waals surface area contributed by atoms with Crippen molar-refractivity contribution in [1.82, 2.24) is 9.88 Å². The number of anilines is 1. The first kappa shape index (κ1) is 18.5. The summed E-state index contributed by atoms with van der Waals surface area (Å²) in [7, 11) is 1.60. The molecule has 8 heteroatoms. The van der Waals surface area contributed by atoms with Crippen molar-refractivity contribution in [2.45, 2.75) is 13.1 Å². The number of rotatable bonds is 5. The van der Waals surface area contributed by atoms with Crippen LogP contribution >= 0.6 is 23.6 Å². The molecule has 0 aliphatic carbocycles. The zero-order valence-corrected chi connectivity index (χ0v) is 17.0. The molecule has 144 valence electrons. The van der Waals surface area contributed by atoms with Crippen molar-refractivity contribution in [3.05, 3.63) is 62.9 Å². The molecule has 0 bridgehead atoms. The SMILES string of the molecule is CCOc1cc([C@@H]2NC(=O)c3sc(=S)n(-c4ccccc4)c3N2)ccc1OC. The number of thiazole rings is 1. The normalized spacial score (nSPS) is 15.4. The summed E-state index contributed by atoms with van der Waals surface area (Å²) >= 11 is 6.82. The highest BCUT2D eigenvalue weighted by Gasteiger charge is 2.30. The van der Waals surface area contributed by atoms with Crippen LogP contribution in [0.25, 0.3) is 5.69 Å². The first-order valence-electron chi connectivity index (χ1n) is 8.81. The fourth-order valence-corrected chi connectivity index (χ4v) is 4.45. The lowest BCUT2D eigenvalue weighted by Crippen LogP contribution is -2.38. The van der Waals surface area contributed by atoms with Crippen LogP contribution in [-0.4, -0.2) is 24.2 Å². The van der Waals surface area contributed by atoms with Gasteiger partial charge in [-0.1, -0.05) is 35.6 Å². The fraction of sp³-hybridized carbons (Fsp3) is 0.200. The van der Waals surface area contributed by atoms with Crippen molar-refractivity contribution < 1.29 is 14.3 Å². The molecule has 28 heavy (non-hydrogen) atoms. The summed E-state index contributed by atoms with van der Waals surface area (Å²) in [5, 5.41) is 6.41. The van der Waals surface area contributed by atoms with Crippen LogP contribution in [-0.2, 0) is 0 Å². The molecule has 1 aliphatic rings. The van der Waals surface area contributed by atoms with Crippen LogP contribution in [0, 0.1) is 3.95 Å². The number of hydrogen-bond acceptors (Lipinski definition) is 6. The molecular formula is C20H19N3O3S2. The molecule has 0 fully saturated rings. The van der Waals surface area contributed by atoms with Gasteiger partial charge in [0.25, 0.3) is 5.91 Å². The van der Waals surface area contributed by atoms with Gasteiger partial charge in [0.05, 0.1) is 13.7 Å². The number of aromatic nitrogens is 1. The van der Waals surface area contributed by atoms with Crippen molar-refractivity contribution >= 4 is 35.3 Å². The maximum atomic E-state index is 12.7. The molecule has 1 amide bonds. The molecule has 0 spiro atoms. The minimum absolute atomic E-state index is 0.154. The molecular weight excluding hydrogens is 394 g/mol. The lowest BCUT2D eigenvalue weighted by Gasteiger charge is -2.27. The Morgan fingerprint density at radius 3 is 2.64 bits per heavy atom. The second-order valence-corrected chi connectivity index (χ2v) is 7.75. The highest BCUT2D eigenvalue weighted by Crippen LogP contribution is 2.36. The number of methoxy groups -OCH3 is 1. The van der Waals surface area contributed by atoms with E-state index in [-0.39, 0.29) is 5.91 Å². The van der Waals surface area contributed by atoms with Gasteiger partial charge < -0.3 is 20.1 Å². The van der Waals surface area contributed by atoms with Crippen LogP contribution in [0.3, 0.4) is 0 Å². The smallest absolute Gasteiger partial charge is 0.267 e. The lowest BCUT2D eigenvalue weighted by atomic mass is 10.1. The summed E-state index contributed by atoms with van der Waals surface area (Å²) in [6.07, 6.45) is -0.413. The Labute approximate surface area is 171 Å². The van der Waals surface area contributed by atoms with Crippen LogP contribution in [0.2, 0.25) is 0 Å². The van der Waals surface area contributed by atoms with Gasteiger partial charge in [-0.25, -0.2) is 0 Å². The van der Waals surface area contributed by atoms with Crippen LogP contribution in [0.1, 0.15) is 28.3 Å². The minimum Gasteiger partial charge on any atom is -0.493 e. The quantitative estimate of drug-likeness (QED) is 0.602. The van der Waals surface area contributed by atoms with Gasteiger partial charge in [-0.2, -0.15) is 0 Å². The maximum absolute atomic E-state index is 12.7. The zero-order chi connectivity index (χ0) is 19.7. The number of amides is 1. The third-order valence-corrected chi connectivity index (χ3v) is 5.78. The standard InChI is InChI=1S/C20H19N3O3S2/c1-3-26-15-11-12(9-10-14(15)25-2)17-21-18-16(19(24)22-17)28-20(27)23(18)13-7-5-4-6-8-13/h4-11,17,21H,3H2,1-2H3,(H,22,24)/t17-/m0/s1. The molecule has 6 nitrogen and oxygen atoms in total. The molecule has 0 unspecified atom stereocenters. The van der Waals surface area contributed by atoms with E-state index in [0.29, 0.717) is 32.8 Å². The van der Waals surface area contributed by atoms with Crippen LogP contribution in [0.15, 0.2) is 48.5 Å². The predicted molar refractivity (Wildman–Crippen MR) is 112 cm³/mol. The van der Waals surface area contributed by atoms with E-state index in [9.17, 15) is 4.79 Å². The first-order valence-corrected chi connectivity index (χ1v) is 10.0. The van der Waals surface area contributed by atoms with E-state index in [0.717, 1.165) is 11.3 Å². The van der Waals surface area contributed by atoms with Gasteiger partial charge in [-0.15, -0.1) is 0 Å². The topological polar surface area (TPSA) is 64.5 Å². The van der Waals surface area contributed by atoms with E-state index >= 15 is 0 Å². The summed E-state index contributed by atoms with van der Waals surface area (Å²) in [5.41, 5.74) is 1.77. The molecule has 2 N–H and O–H groups in total. The number of ether oxygens (including phenoxy) is 2. The molecule has 0 saturated carbocycles. The Morgan fingerprint density at radius 1 is 1.14 bits per heavy atom. The number of carbonyl (C=O) groups excluding carboxylic acids is 1. The van der Waals surface area contributed by atoms with E-state index in [4.69, 9.17) is 21.7 Å². The first-order chi connectivity index (χ1) is 13.6. The Balaban J connectivity index is 1.75. The molecule has 1 aromatic heterocycles. The number of para-hydroxylation sites is 1. The summed E-state index contributed by atoms with van der Waals surface area (Å²) < 4.78 is 13.5. The summed E-state index contributed by atoms with van der Waals surface area (Å²) in [5.74, 6) is 1.83. The maximum Gasteiger partial charge on any atom is 0.267 e. The van der Waals surface area contributed by atoms with Crippen LogP contribution in [0.4, 0.5) is 5.82 Å². The number of benzene rings is 2. The van der Waals surface area contributed by atoms with Crippen molar-refractivity contribution in [1.29, 1.82) is 0 Å². The third-order valence-electron chi connectivity index (χ3n) is 4.41. The van der Waals surface area contributed by atoms with Crippen molar-refractivity contribution in [3.63, 3.8) is 0 Å². The lowest BCUT2D eigenvalue weighted by molar-refractivity contribution is 0.0939. The number of fused-ring (bicyclic) bond motifs is 1. The highest BCUT2D eigenvalue weighted by atomic mass is 32.1. The van der Waals surface area contributed by atoms with E-state index in [1.807, 2.05) is 60.0 Å². The monoisotopic (exact) mass is 413 g/mol. The molecule has 1 atom stereocenters. The number of hydrogen-bond donors (Lipinski definition) is 2. The van der Waals surface area contributed by atoms with Gasteiger partial charge in [0, 0.05) is 5.69 Å². The predicted octanol–water partition coefficient (Wildman–Crippen LogP) is 4.53. The zero-order valence-electron chi connectivity index (χ0n) is 15.4.